The summed E-state index contributed by atoms with van der Waals surface area (Å²) in [5, 5.41) is 8.20. The number of piperazine rings is 1. The average Bonchev–Trinajstić information content (AvgIpc) is 3.55. The Bertz CT molecular complexity index is 1340. The van der Waals surface area contributed by atoms with Gasteiger partial charge in [-0.15, -0.1) is 0 Å². The Hall–Kier alpha value is -3.67. The van der Waals surface area contributed by atoms with Crippen LogP contribution in [0, 0.1) is 11.8 Å². The molecule has 0 aliphatic carbocycles. The van der Waals surface area contributed by atoms with Crippen LogP contribution in [0.4, 0.5) is 0 Å². The summed E-state index contributed by atoms with van der Waals surface area (Å²) in [6, 6.07) is 13.4. The summed E-state index contributed by atoms with van der Waals surface area (Å²) < 4.78 is 0. The van der Waals surface area contributed by atoms with Crippen LogP contribution >= 0.6 is 0 Å². The first-order valence-corrected chi connectivity index (χ1v) is 12.4. The Labute approximate surface area is 211 Å². The zero-order valence-corrected chi connectivity index (χ0v) is 21.1. The zero-order valence-electron chi connectivity index (χ0n) is 21.1. The number of aromatic nitrogens is 2. The van der Waals surface area contributed by atoms with Crippen molar-refractivity contribution in [2.45, 2.75) is 12.5 Å². The predicted octanol–water partition coefficient (Wildman–Crippen LogP) is 2.13. The van der Waals surface area contributed by atoms with Crippen LogP contribution in [0.2, 0.25) is 0 Å². The minimum Gasteiger partial charge on any atom is -0.337 e. The average molecular weight is 485 g/mol. The third-order valence-corrected chi connectivity index (χ3v) is 7.25. The fourth-order valence-electron chi connectivity index (χ4n) is 4.86. The Morgan fingerprint density at radius 2 is 1.75 bits per heavy atom. The number of nitrogens with one attached hydrogen (secondary N) is 1. The van der Waals surface area contributed by atoms with Crippen LogP contribution in [-0.4, -0.2) is 108 Å². The number of likely N-dealkylation sites (tertiary alicyclic amines) is 1. The molecule has 8 heteroatoms. The van der Waals surface area contributed by atoms with E-state index in [0.717, 1.165) is 43.5 Å². The minimum absolute atomic E-state index is 0.00871. The van der Waals surface area contributed by atoms with E-state index in [1.807, 2.05) is 52.3 Å². The molecule has 0 unspecified atom stereocenters. The quantitative estimate of drug-likeness (QED) is 0.577. The lowest BCUT2D eigenvalue weighted by atomic mass is 10.1. The van der Waals surface area contributed by atoms with Crippen molar-refractivity contribution in [3.63, 3.8) is 0 Å². The van der Waals surface area contributed by atoms with Gasteiger partial charge in [-0.1, -0.05) is 18.1 Å². The molecule has 1 aromatic heterocycles. The summed E-state index contributed by atoms with van der Waals surface area (Å²) in [5.74, 6) is 6.35. The van der Waals surface area contributed by atoms with Gasteiger partial charge in [-0.2, -0.15) is 5.10 Å². The maximum atomic E-state index is 13.2. The molecule has 0 saturated carbocycles. The van der Waals surface area contributed by atoms with Gasteiger partial charge in [-0.3, -0.25) is 14.7 Å². The molecule has 36 heavy (non-hydrogen) atoms. The Morgan fingerprint density at radius 1 is 0.972 bits per heavy atom. The van der Waals surface area contributed by atoms with Gasteiger partial charge in [0.2, 0.25) is 0 Å². The highest BCUT2D eigenvalue weighted by molar-refractivity contribution is 5.99. The number of rotatable bonds is 3. The number of hydrogen-bond acceptors (Lipinski definition) is 5. The van der Waals surface area contributed by atoms with E-state index in [9.17, 15) is 9.59 Å². The van der Waals surface area contributed by atoms with Gasteiger partial charge in [0.05, 0.1) is 11.1 Å². The van der Waals surface area contributed by atoms with Gasteiger partial charge >= 0.3 is 0 Å². The number of benzene rings is 2. The summed E-state index contributed by atoms with van der Waals surface area (Å²) in [6.45, 7) is 4.66. The molecule has 3 heterocycles. The van der Waals surface area contributed by atoms with E-state index < -0.39 is 0 Å². The van der Waals surface area contributed by atoms with Crippen LogP contribution in [0.5, 0.6) is 0 Å². The number of carbonyl (C=O) groups excluding carboxylic acids is 2. The van der Waals surface area contributed by atoms with E-state index in [1.165, 1.54) is 0 Å². The van der Waals surface area contributed by atoms with E-state index in [0.29, 0.717) is 41.5 Å². The van der Waals surface area contributed by atoms with Gasteiger partial charge < -0.3 is 19.6 Å². The molecule has 1 atom stereocenters. The fraction of sp³-hybridized carbons (Fsp3) is 0.393. The van der Waals surface area contributed by atoms with Crippen molar-refractivity contribution in [1.82, 2.24) is 29.8 Å². The van der Waals surface area contributed by atoms with Crippen LogP contribution in [0.25, 0.3) is 10.9 Å². The molecule has 1 N–H and O–H groups in total. The topological polar surface area (TPSA) is 75.8 Å². The van der Waals surface area contributed by atoms with Gasteiger partial charge in [0.25, 0.3) is 11.8 Å². The number of nitrogens with zero attached hydrogens (tertiary/aromatic N) is 5. The molecule has 2 amide bonds. The molecule has 2 saturated heterocycles. The summed E-state index contributed by atoms with van der Waals surface area (Å²) in [4.78, 5) is 34.5. The molecule has 0 bridgehead atoms. The second kappa shape index (κ2) is 10.1. The monoisotopic (exact) mass is 484 g/mol. The molecule has 2 fully saturated rings. The summed E-state index contributed by atoms with van der Waals surface area (Å²) in [6.07, 6.45) is 0.982. The van der Waals surface area contributed by atoms with Gasteiger partial charge in [-0.05, 0) is 63.8 Å². The number of amides is 2. The smallest absolute Gasteiger partial charge is 0.255 e. The lowest BCUT2D eigenvalue weighted by molar-refractivity contribution is 0.0663. The molecule has 5 rings (SSSR count). The number of likely N-dealkylation sites (N-methyl/N-ethyl adjacent to an activating group) is 2. The number of fused-ring (bicyclic) bond motifs is 1. The molecule has 186 valence electrons. The first-order chi connectivity index (χ1) is 17.4. The van der Waals surface area contributed by atoms with Crippen molar-refractivity contribution in [2.24, 2.45) is 0 Å². The lowest BCUT2D eigenvalue weighted by Crippen LogP contribution is -2.47. The molecular weight excluding hydrogens is 452 g/mol. The normalized spacial score (nSPS) is 18.5. The van der Waals surface area contributed by atoms with E-state index >= 15 is 0 Å². The van der Waals surface area contributed by atoms with Gasteiger partial charge in [0.15, 0.2) is 0 Å². The molecule has 2 aliphatic rings. The maximum absolute atomic E-state index is 13.2. The predicted molar refractivity (Wildman–Crippen MR) is 140 cm³/mol. The lowest BCUT2D eigenvalue weighted by Gasteiger charge is -2.32. The van der Waals surface area contributed by atoms with Crippen molar-refractivity contribution in [3.05, 3.63) is 64.8 Å². The van der Waals surface area contributed by atoms with Gasteiger partial charge in [0.1, 0.15) is 5.69 Å². The van der Waals surface area contributed by atoms with Crippen molar-refractivity contribution in [1.29, 1.82) is 0 Å². The molecule has 3 aromatic rings. The van der Waals surface area contributed by atoms with Crippen LogP contribution in [0.15, 0.2) is 42.5 Å². The number of carbonyl (C=O) groups is 2. The van der Waals surface area contributed by atoms with Crippen LogP contribution in [0.3, 0.4) is 0 Å². The highest BCUT2D eigenvalue weighted by Crippen LogP contribution is 2.21. The van der Waals surface area contributed by atoms with Crippen LogP contribution in [-0.2, 0) is 0 Å². The third-order valence-electron chi connectivity index (χ3n) is 7.25. The van der Waals surface area contributed by atoms with Crippen molar-refractivity contribution in [2.75, 3.05) is 60.4 Å². The van der Waals surface area contributed by atoms with Crippen LogP contribution < -0.4 is 0 Å². The first-order valence-electron chi connectivity index (χ1n) is 12.4. The van der Waals surface area contributed by atoms with Crippen LogP contribution in [0.1, 0.15) is 38.4 Å². The Kier molecular flexibility index (Phi) is 6.77. The highest BCUT2D eigenvalue weighted by Gasteiger charge is 2.28. The van der Waals surface area contributed by atoms with Crippen molar-refractivity contribution >= 4 is 22.7 Å². The third kappa shape index (κ3) is 4.85. The van der Waals surface area contributed by atoms with Crippen molar-refractivity contribution in [3.8, 4) is 11.8 Å². The highest BCUT2D eigenvalue weighted by atomic mass is 16.2. The standard InChI is InChI=1S/C28H32N6O2/c1-31(2)22-12-13-34(19-22)27(35)21-9-11-26-24(18-21)25(29-30-26)10-8-20-6-4-5-7-23(20)28(36)33-16-14-32(3)15-17-33/h4-7,9,11,18,22H,12-17,19H2,1-3H3,(H,29,30)/t22-/m0/s1. The minimum atomic E-state index is 0.00871. The first kappa shape index (κ1) is 24.0. The van der Waals surface area contributed by atoms with Crippen molar-refractivity contribution < 1.29 is 9.59 Å². The van der Waals surface area contributed by atoms with E-state index in [1.54, 1.807) is 0 Å². The summed E-state index contributed by atoms with van der Waals surface area (Å²) in [5.41, 5.74) is 3.31. The number of H-pyrrole nitrogens is 1. The molecule has 0 spiro atoms. The molecule has 0 radical (unpaired) electrons. The number of hydrogen-bond donors (Lipinski definition) is 1. The molecule has 2 aliphatic heterocycles. The van der Waals surface area contributed by atoms with E-state index in [2.05, 4.69) is 53.0 Å². The zero-order chi connectivity index (χ0) is 25.2. The fourth-order valence-corrected chi connectivity index (χ4v) is 4.86. The van der Waals surface area contributed by atoms with Gasteiger partial charge in [-0.25, -0.2) is 0 Å². The summed E-state index contributed by atoms with van der Waals surface area (Å²) >= 11 is 0. The van der Waals surface area contributed by atoms with E-state index in [-0.39, 0.29) is 11.8 Å². The van der Waals surface area contributed by atoms with Gasteiger partial charge in [0, 0.05) is 61.8 Å². The second-order valence-electron chi connectivity index (χ2n) is 9.88. The summed E-state index contributed by atoms with van der Waals surface area (Å²) in [7, 11) is 6.18. The molecule has 8 nitrogen and oxygen atoms in total. The Morgan fingerprint density at radius 3 is 2.50 bits per heavy atom. The second-order valence-corrected chi connectivity index (χ2v) is 9.88. The van der Waals surface area contributed by atoms with E-state index in [4.69, 9.17) is 0 Å². The molecular formula is C28H32N6O2. The molecule has 2 aromatic carbocycles. The largest absolute Gasteiger partial charge is 0.337 e. The SMILES string of the molecule is CN1CCN(C(=O)c2ccccc2C#Cc2n[nH]c3ccc(C(=O)N4CC[C@H](N(C)C)C4)cc23)CC1. The number of aromatic amines is 1. The Balaban J connectivity index is 1.39. The maximum Gasteiger partial charge on any atom is 0.255 e.